The first-order chi connectivity index (χ1) is 15.6. The molecule has 0 aliphatic heterocycles. The highest BCUT2D eigenvalue weighted by molar-refractivity contribution is 5.98. The normalized spacial score (nSPS) is 9.33. The molecular formula is C21H30N8O4. The fraction of sp³-hybridized carbons (Fsp3) is 0.238. The second-order valence-corrected chi connectivity index (χ2v) is 6.36. The SMILES string of the molecule is CON(C)C(=O)c1cccc(CN)c1.N=NC(=N)CC(=N)N.NCc1cccc(C(=O)O)c1. The fourth-order valence-corrected chi connectivity index (χ4v) is 2.15. The van der Waals surface area contributed by atoms with Crippen molar-refractivity contribution < 1.29 is 19.5 Å². The Bertz CT molecular complexity index is 965. The van der Waals surface area contributed by atoms with Crippen LogP contribution in [0.3, 0.4) is 0 Å². The minimum absolute atomic E-state index is 0.0243. The van der Waals surface area contributed by atoms with Gasteiger partial charge >= 0.3 is 5.97 Å². The topological polar surface area (TPSA) is 229 Å². The third kappa shape index (κ3) is 11.8. The van der Waals surface area contributed by atoms with E-state index in [0.717, 1.165) is 11.1 Å². The Labute approximate surface area is 191 Å². The van der Waals surface area contributed by atoms with Gasteiger partial charge in [0, 0.05) is 25.7 Å². The lowest BCUT2D eigenvalue weighted by molar-refractivity contribution is -0.0757. The van der Waals surface area contributed by atoms with Gasteiger partial charge in [0.05, 0.1) is 24.9 Å². The number of carbonyl (C=O) groups excluding carboxylic acids is 1. The average Bonchev–Trinajstić information content (AvgIpc) is 2.83. The standard InChI is InChI=1S/C10H14N2O2.C8H9NO2.C3H7N5/c1-12(14-2)10(13)9-5-3-4-8(6-9)7-11;9-5-6-2-1-3-7(4-6)8(10)11;4-2(5)1-3(6)8-7/h3-6H,7,11H2,1-2H3;1-4H,5,9H2,(H,10,11);6-7H,1H2,(H3,4,5). The van der Waals surface area contributed by atoms with Crippen molar-refractivity contribution >= 4 is 23.5 Å². The second-order valence-electron chi connectivity index (χ2n) is 6.36. The van der Waals surface area contributed by atoms with Gasteiger partial charge in [-0.25, -0.2) is 15.4 Å². The highest BCUT2D eigenvalue weighted by atomic mass is 16.7. The van der Waals surface area contributed by atoms with E-state index in [-0.39, 0.29) is 29.6 Å². The molecule has 1 amide bonds. The Morgan fingerprint density at radius 1 is 1.03 bits per heavy atom. The first-order valence-electron chi connectivity index (χ1n) is 9.50. The van der Waals surface area contributed by atoms with E-state index < -0.39 is 5.97 Å². The Balaban J connectivity index is 0.000000485. The summed E-state index contributed by atoms with van der Waals surface area (Å²) in [5.41, 5.74) is 24.6. The number of nitrogens with one attached hydrogen (secondary N) is 3. The van der Waals surface area contributed by atoms with Crippen LogP contribution < -0.4 is 17.2 Å². The summed E-state index contributed by atoms with van der Waals surface area (Å²) in [6, 6.07) is 13.8. The lowest BCUT2D eigenvalue weighted by atomic mass is 10.1. The number of carboxylic acid groups (broad SMARTS) is 1. The minimum Gasteiger partial charge on any atom is -0.478 e. The Morgan fingerprint density at radius 3 is 1.88 bits per heavy atom. The van der Waals surface area contributed by atoms with E-state index in [1.54, 1.807) is 49.5 Å². The zero-order chi connectivity index (χ0) is 25.4. The number of nitrogens with two attached hydrogens (primary N) is 3. The number of hydroxylamine groups is 2. The van der Waals surface area contributed by atoms with Crippen LogP contribution in [0.25, 0.3) is 0 Å². The molecule has 0 spiro atoms. The van der Waals surface area contributed by atoms with Crippen LogP contribution in [-0.4, -0.2) is 47.9 Å². The van der Waals surface area contributed by atoms with E-state index in [2.05, 4.69) is 5.11 Å². The van der Waals surface area contributed by atoms with E-state index in [0.29, 0.717) is 18.7 Å². The molecule has 33 heavy (non-hydrogen) atoms. The van der Waals surface area contributed by atoms with Gasteiger partial charge in [0.1, 0.15) is 5.84 Å². The third-order valence-electron chi connectivity index (χ3n) is 3.87. The van der Waals surface area contributed by atoms with Gasteiger partial charge in [0.25, 0.3) is 5.91 Å². The average molecular weight is 459 g/mol. The molecule has 2 rings (SSSR count). The predicted octanol–water partition coefficient (Wildman–Crippen LogP) is 1.94. The predicted molar refractivity (Wildman–Crippen MR) is 124 cm³/mol. The Hall–Kier alpha value is -4.00. The number of hydrogen-bond donors (Lipinski definition) is 7. The van der Waals surface area contributed by atoms with Crippen LogP contribution in [0.15, 0.2) is 53.6 Å². The van der Waals surface area contributed by atoms with Gasteiger partial charge in [-0.3, -0.25) is 20.5 Å². The lowest BCUT2D eigenvalue weighted by Gasteiger charge is -2.13. The summed E-state index contributed by atoms with van der Waals surface area (Å²) in [7, 11) is 3.02. The van der Waals surface area contributed by atoms with Crippen molar-refractivity contribution in [2.45, 2.75) is 19.5 Å². The number of nitrogens with zero attached hydrogens (tertiary/aromatic N) is 2. The van der Waals surface area contributed by atoms with E-state index in [1.807, 2.05) is 6.07 Å². The number of amides is 1. The summed E-state index contributed by atoms with van der Waals surface area (Å²) < 4.78 is 0. The lowest BCUT2D eigenvalue weighted by Crippen LogP contribution is -2.25. The largest absolute Gasteiger partial charge is 0.478 e. The number of benzene rings is 2. The molecule has 0 unspecified atom stereocenters. The zero-order valence-corrected chi connectivity index (χ0v) is 18.5. The summed E-state index contributed by atoms with van der Waals surface area (Å²) in [6.45, 7) is 0.805. The van der Waals surface area contributed by atoms with Gasteiger partial charge in [-0.2, -0.15) is 0 Å². The third-order valence-corrected chi connectivity index (χ3v) is 3.87. The van der Waals surface area contributed by atoms with Crippen molar-refractivity contribution in [2.24, 2.45) is 22.3 Å². The summed E-state index contributed by atoms with van der Waals surface area (Å²) in [5.74, 6) is -1.41. The molecule has 0 bridgehead atoms. The number of hydrogen-bond acceptors (Lipinski definition) is 8. The number of carbonyl (C=O) groups is 2. The van der Waals surface area contributed by atoms with Gasteiger partial charge in [0.15, 0.2) is 0 Å². The summed E-state index contributed by atoms with van der Waals surface area (Å²) in [6.07, 6.45) is -0.0243. The molecule has 12 heteroatoms. The van der Waals surface area contributed by atoms with Crippen LogP contribution in [-0.2, 0) is 17.9 Å². The van der Waals surface area contributed by atoms with E-state index in [9.17, 15) is 9.59 Å². The quantitative estimate of drug-likeness (QED) is 0.141. The molecule has 0 fully saturated rings. The van der Waals surface area contributed by atoms with Crippen LogP contribution in [0.4, 0.5) is 0 Å². The summed E-state index contributed by atoms with van der Waals surface area (Å²) in [5, 5.41) is 25.8. The fourth-order valence-electron chi connectivity index (χ4n) is 2.15. The molecular weight excluding hydrogens is 428 g/mol. The number of rotatable bonds is 7. The monoisotopic (exact) mass is 458 g/mol. The highest BCUT2D eigenvalue weighted by Gasteiger charge is 2.10. The summed E-state index contributed by atoms with van der Waals surface area (Å²) >= 11 is 0. The van der Waals surface area contributed by atoms with Gasteiger partial charge in [-0.1, -0.05) is 24.3 Å². The van der Waals surface area contributed by atoms with Gasteiger partial charge in [0.2, 0.25) is 0 Å². The molecule has 0 heterocycles. The maximum Gasteiger partial charge on any atom is 0.335 e. The van der Waals surface area contributed by atoms with Gasteiger partial charge in [-0.15, -0.1) is 5.11 Å². The van der Waals surface area contributed by atoms with Gasteiger partial charge in [-0.05, 0) is 35.4 Å². The van der Waals surface area contributed by atoms with Crippen molar-refractivity contribution in [3.63, 3.8) is 0 Å². The van der Waals surface area contributed by atoms with Crippen LogP contribution in [0.5, 0.6) is 0 Å². The van der Waals surface area contributed by atoms with Crippen LogP contribution in [0, 0.1) is 16.3 Å². The number of aromatic carboxylic acids is 1. The van der Waals surface area contributed by atoms with Crippen molar-refractivity contribution in [1.82, 2.24) is 5.06 Å². The smallest absolute Gasteiger partial charge is 0.335 e. The van der Waals surface area contributed by atoms with E-state index in [4.69, 9.17) is 43.5 Å². The van der Waals surface area contributed by atoms with Crippen molar-refractivity contribution in [3.8, 4) is 0 Å². The molecule has 0 aliphatic rings. The molecule has 0 aliphatic carbocycles. The minimum atomic E-state index is -0.916. The molecule has 12 nitrogen and oxygen atoms in total. The Kier molecular flexibility index (Phi) is 13.8. The van der Waals surface area contributed by atoms with Crippen LogP contribution in [0.2, 0.25) is 0 Å². The molecule has 0 radical (unpaired) electrons. The Morgan fingerprint density at radius 2 is 1.52 bits per heavy atom. The number of amidine groups is 2. The van der Waals surface area contributed by atoms with Crippen molar-refractivity contribution in [1.29, 1.82) is 16.3 Å². The molecule has 0 atom stereocenters. The molecule has 178 valence electrons. The molecule has 0 saturated carbocycles. The van der Waals surface area contributed by atoms with Gasteiger partial charge < -0.3 is 22.3 Å². The van der Waals surface area contributed by atoms with Crippen LogP contribution in [0.1, 0.15) is 38.3 Å². The molecule has 10 N–H and O–H groups in total. The summed E-state index contributed by atoms with van der Waals surface area (Å²) in [4.78, 5) is 26.8. The maximum atomic E-state index is 11.6. The first-order valence-corrected chi connectivity index (χ1v) is 9.50. The molecule has 2 aromatic rings. The highest BCUT2D eigenvalue weighted by Crippen LogP contribution is 2.07. The van der Waals surface area contributed by atoms with Crippen molar-refractivity contribution in [2.75, 3.05) is 14.2 Å². The second kappa shape index (κ2) is 15.8. The molecule has 2 aromatic carbocycles. The zero-order valence-electron chi connectivity index (χ0n) is 18.5. The molecule has 0 saturated heterocycles. The van der Waals surface area contributed by atoms with Crippen LogP contribution >= 0.6 is 0 Å². The molecule has 0 aromatic heterocycles. The van der Waals surface area contributed by atoms with E-state index in [1.165, 1.54) is 12.2 Å². The maximum absolute atomic E-state index is 11.6. The number of carboxylic acids is 1. The van der Waals surface area contributed by atoms with E-state index >= 15 is 0 Å². The van der Waals surface area contributed by atoms with Crippen molar-refractivity contribution in [3.05, 3.63) is 70.8 Å². The first kappa shape index (κ1) is 29.0.